The van der Waals surface area contributed by atoms with Gasteiger partial charge in [-0.25, -0.2) is 9.18 Å². The highest BCUT2D eigenvalue weighted by molar-refractivity contribution is 5.98. The van der Waals surface area contributed by atoms with Gasteiger partial charge in [0.25, 0.3) is 0 Å². The minimum absolute atomic E-state index is 0.0155. The first-order chi connectivity index (χ1) is 20.7. The largest absolute Gasteiger partial charge is 0.444 e. The van der Waals surface area contributed by atoms with Gasteiger partial charge in [-0.15, -0.1) is 0 Å². The van der Waals surface area contributed by atoms with E-state index in [9.17, 15) is 14.4 Å². The normalized spacial score (nSPS) is 21.7. The van der Waals surface area contributed by atoms with Gasteiger partial charge in [-0.2, -0.15) is 0 Å². The number of Topliss-reactive ketones (excluding diaryl/α,β-unsaturated/α-hetero) is 1. The number of halogens is 1. The van der Waals surface area contributed by atoms with E-state index >= 15 is 4.39 Å². The fraction of sp³-hybridized carbons (Fsp3) is 0.438. The number of rotatable bonds is 9. The SMILES string of the molecule is CC(=O)C1NC1C[C@H]1CN(c2ccc(N3CCN(C(=O)CCCC#Cc4ccc(/C(C)=N/O)cc4)CC3)c(F)c2)C(=O)O1. The first kappa shape index (κ1) is 30.0. The number of carbonyl (C=O) groups is 3. The summed E-state index contributed by atoms with van der Waals surface area (Å²) in [7, 11) is 0. The molecule has 226 valence electrons. The Balaban J connectivity index is 1.05. The molecule has 3 saturated heterocycles. The van der Waals surface area contributed by atoms with Gasteiger partial charge in [0, 0.05) is 57.0 Å². The van der Waals surface area contributed by atoms with Crippen LogP contribution < -0.4 is 15.1 Å². The predicted octanol–water partition coefficient (Wildman–Crippen LogP) is 3.54. The summed E-state index contributed by atoms with van der Waals surface area (Å²) in [6.07, 6.45) is 1.33. The van der Waals surface area contributed by atoms with Crippen molar-refractivity contribution in [3.63, 3.8) is 0 Å². The summed E-state index contributed by atoms with van der Waals surface area (Å²) in [5, 5.41) is 15.1. The monoisotopic (exact) mass is 589 g/mol. The van der Waals surface area contributed by atoms with Crippen LogP contribution in [0.1, 0.15) is 50.7 Å². The Kier molecular flexibility index (Phi) is 9.26. The van der Waals surface area contributed by atoms with Gasteiger partial charge in [-0.05, 0) is 56.2 Å². The van der Waals surface area contributed by atoms with E-state index in [1.165, 1.54) is 17.9 Å². The van der Waals surface area contributed by atoms with Crippen LogP contribution in [0, 0.1) is 17.7 Å². The molecule has 0 aromatic heterocycles. The number of oxime groups is 1. The lowest BCUT2D eigenvalue weighted by atomic mass is 10.1. The number of unbranched alkanes of at least 4 members (excludes halogenated alkanes) is 1. The molecule has 0 spiro atoms. The topological polar surface area (TPSA) is 125 Å². The van der Waals surface area contributed by atoms with Crippen molar-refractivity contribution in [2.45, 2.75) is 57.7 Å². The van der Waals surface area contributed by atoms with Crippen molar-refractivity contribution < 1.29 is 28.7 Å². The van der Waals surface area contributed by atoms with E-state index in [4.69, 9.17) is 9.94 Å². The summed E-state index contributed by atoms with van der Waals surface area (Å²) >= 11 is 0. The second kappa shape index (κ2) is 13.3. The molecule has 5 rings (SSSR count). The van der Waals surface area contributed by atoms with Crippen LogP contribution in [0.25, 0.3) is 0 Å². The Morgan fingerprint density at radius 2 is 1.86 bits per heavy atom. The zero-order chi connectivity index (χ0) is 30.5. The summed E-state index contributed by atoms with van der Waals surface area (Å²) in [6, 6.07) is 12.0. The van der Waals surface area contributed by atoms with E-state index in [-0.39, 0.29) is 29.9 Å². The fourth-order valence-electron chi connectivity index (χ4n) is 5.54. The molecule has 2 N–H and O–H groups in total. The number of piperazine rings is 1. The molecule has 2 amide bonds. The number of nitrogens with zero attached hydrogens (tertiary/aromatic N) is 4. The number of ether oxygens (including phenoxy) is 1. The number of benzene rings is 2. The van der Waals surface area contributed by atoms with E-state index in [1.54, 1.807) is 19.1 Å². The third-order valence-corrected chi connectivity index (χ3v) is 8.11. The molecule has 0 bridgehead atoms. The fourth-order valence-corrected chi connectivity index (χ4v) is 5.54. The molecule has 43 heavy (non-hydrogen) atoms. The summed E-state index contributed by atoms with van der Waals surface area (Å²) < 4.78 is 20.6. The lowest BCUT2D eigenvalue weighted by Crippen LogP contribution is -2.49. The molecule has 2 aromatic carbocycles. The number of hydrogen-bond acceptors (Lipinski definition) is 8. The number of carbonyl (C=O) groups excluding carboxylic acids is 3. The third-order valence-electron chi connectivity index (χ3n) is 8.11. The zero-order valence-electron chi connectivity index (χ0n) is 24.4. The molecule has 3 aliphatic rings. The highest BCUT2D eigenvalue weighted by atomic mass is 19.1. The number of amides is 2. The van der Waals surface area contributed by atoms with Crippen molar-refractivity contribution in [3.8, 4) is 11.8 Å². The van der Waals surface area contributed by atoms with Crippen LogP contribution in [-0.4, -0.2) is 84.5 Å². The predicted molar refractivity (Wildman–Crippen MR) is 160 cm³/mol. The number of cyclic esters (lactones) is 1. The van der Waals surface area contributed by atoms with Gasteiger partial charge in [0.05, 0.1) is 29.7 Å². The highest BCUT2D eigenvalue weighted by Gasteiger charge is 2.44. The van der Waals surface area contributed by atoms with E-state index in [1.807, 2.05) is 34.1 Å². The molecule has 11 heteroatoms. The lowest BCUT2D eigenvalue weighted by molar-refractivity contribution is -0.131. The van der Waals surface area contributed by atoms with Crippen molar-refractivity contribution in [2.24, 2.45) is 5.16 Å². The Bertz CT molecular complexity index is 1460. The van der Waals surface area contributed by atoms with Crippen LogP contribution >= 0.6 is 0 Å². The minimum atomic E-state index is -0.520. The van der Waals surface area contributed by atoms with Crippen molar-refractivity contribution in [1.82, 2.24) is 10.2 Å². The molecule has 2 unspecified atom stereocenters. The van der Waals surface area contributed by atoms with E-state index in [0.29, 0.717) is 75.5 Å². The minimum Gasteiger partial charge on any atom is -0.444 e. The Labute approximate surface area is 250 Å². The molecule has 10 nitrogen and oxygen atoms in total. The Morgan fingerprint density at radius 3 is 2.51 bits per heavy atom. The molecule has 3 heterocycles. The summed E-state index contributed by atoms with van der Waals surface area (Å²) in [5.74, 6) is 5.90. The second-order valence-corrected chi connectivity index (χ2v) is 11.1. The van der Waals surface area contributed by atoms with Gasteiger partial charge in [0.1, 0.15) is 17.7 Å². The molecular weight excluding hydrogens is 553 g/mol. The summed E-state index contributed by atoms with van der Waals surface area (Å²) in [5.41, 5.74) is 3.09. The van der Waals surface area contributed by atoms with Gasteiger partial charge < -0.3 is 25.1 Å². The highest BCUT2D eigenvalue weighted by Crippen LogP contribution is 2.30. The number of nitrogens with one attached hydrogen (secondary N) is 1. The maximum Gasteiger partial charge on any atom is 0.414 e. The first-order valence-electron chi connectivity index (χ1n) is 14.6. The number of anilines is 2. The van der Waals surface area contributed by atoms with Crippen LogP contribution in [0.5, 0.6) is 0 Å². The smallest absolute Gasteiger partial charge is 0.414 e. The Hall–Kier alpha value is -4.43. The average molecular weight is 590 g/mol. The maximum absolute atomic E-state index is 15.2. The molecular formula is C32H36FN5O5. The van der Waals surface area contributed by atoms with E-state index < -0.39 is 11.9 Å². The van der Waals surface area contributed by atoms with E-state index in [0.717, 1.165) is 11.1 Å². The standard InChI is InChI=1S/C32H36FN5O5/c1-21(35-42)24-10-8-23(9-11-24)6-4-3-5-7-30(40)37-16-14-36(15-17-37)29-13-12-25(18-27(29)33)38-20-26(43-32(38)41)19-28-31(34-28)22(2)39/h8-13,18,26,28,31,34,42H,3,5,7,14-17,19-20H2,1-2H3/b35-21+/t26-,28?,31?/m0/s1. The van der Waals surface area contributed by atoms with Gasteiger partial charge in [0.15, 0.2) is 0 Å². The van der Waals surface area contributed by atoms with Crippen LogP contribution in [-0.2, 0) is 14.3 Å². The van der Waals surface area contributed by atoms with Crippen LogP contribution in [0.15, 0.2) is 47.6 Å². The van der Waals surface area contributed by atoms with Crippen LogP contribution in [0.2, 0.25) is 0 Å². The molecule has 0 saturated carbocycles. The van der Waals surface area contributed by atoms with Crippen LogP contribution in [0.4, 0.5) is 20.6 Å². The molecule has 3 aliphatic heterocycles. The lowest BCUT2D eigenvalue weighted by Gasteiger charge is -2.36. The molecule has 0 aliphatic carbocycles. The maximum atomic E-state index is 15.2. The number of ketones is 1. The van der Waals surface area contributed by atoms with Gasteiger partial charge in [0.2, 0.25) is 5.91 Å². The summed E-state index contributed by atoms with van der Waals surface area (Å²) in [4.78, 5) is 41.8. The average Bonchev–Trinajstić information content (AvgIpc) is 3.69. The molecule has 3 atom stereocenters. The molecule has 2 aromatic rings. The number of hydrogen-bond donors (Lipinski definition) is 2. The van der Waals surface area contributed by atoms with Gasteiger partial charge in [-0.1, -0.05) is 29.1 Å². The summed E-state index contributed by atoms with van der Waals surface area (Å²) in [6.45, 7) is 5.60. The quantitative estimate of drug-likeness (QED) is 0.115. The second-order valence-electron chi connectivity index (χ2n) is 11.1. The van der Waals surface area contributed by atoms with Crippen molar-refractivity contribution in [3.05, 3.63) is 59.4 Å². The third kappa shape index (κ3) is 7.32. The van der Waals surface area contributed by atoms with Crippen molar-refractivity contribution in [2.75, 3.05) is 42.5 Å². The molecule has 0 radical (unpaired) electrons. The van der Waals surface area contributed by atoms with Crippen molar-refractivity contribution >= 4 is 34.9 Å². The van der Waals surface area contributed by atoms with Crippen LogP contribution in [0.3, 0.4) is 0 Å². The van der Waals surface area contributed by atoms with Crippen molar-refractivity contribution in [1.29, 1.82) is 0 Å². The Morgan fingerprint density at radius 1 is 1.12 bits per heavy atom. The molecule has 3 fully saturated rings. The first-order valence-corrected chi connectivity index (χ1v) is 14.6. The zero-order valence-corrected chi connectivity index (χ0v) is 24.4. The van der Waals surface area contributed by atoms with Gasteiger partial charge in [-0.3, -0.25) is 14.5 Å². The van der Waals surface area contributed by atoms with E-state index in [2.05, 4.69) is 22.3 Å². The van der Waals surface area contributed by atoms with Gasteiger partial charge >= 0.3 is 6.09 Å².